The van der Waals surface area contributed by atoms with Crippen LogP contribution in [0.15, 0.2) is 17.5 Å². The van der Waals surface area contributed by atoms with Gasteiger partial charge < -0.3 is 9.05 Å². The molecule has 14 heavy (non-hydrogen) atoms. The summed E-state index contributed by atoms with van der Waals surface area (Å²) in [6.45, 7) is 4.48. The van der Waals surface area contributed by atoms with E-state index in [2.05, 4.69) is 0 Å². The van der Waals surface area contributed by atoms with Crippen LogP contribution in [0.2, 0.25) is 0 Å². The van der Waals surface area contributed by atoms with Crippen LogP contribution in [0.1, 0.15) is 18.7 Å². The van der Waals surface area contributed by atoms with Gasteiger partial charge in [0.15, 0.2) is 0 Å². The lowest BCUT2D eigenvalue weighted by molar-refractivity contribution is 0.219. The first-order valence-electron chi connectivity index (χ1n) is 4.60. The third-order valence-electron chi connectivity index (χ3n) is 1.58. The first-order chi connectivity index (χ1) is 6.70. The molecule has 1 aromatic rings. The van der Waals surface area contributed by atoms with Gasteiger partial charge in [-0.25, -0.2) is 0 Å². The van der Waals surface area contributed by atoms with Gasteiger partial charge in [0, 0.05) is 4.88 Å². The molecule has 0 unspecified atom stereocenters. The van der Waals surface area contributed by atoms with Crippen molar-refractivity contribution in [3.8, 4) is 0 Å². The average molecular weight is 234 g/mol. The van der Waals surface area contributed by atoms with Gasteiger partial charge in [-0.1, -0.05) is 6.07 Å². The monoisotopic (exact) mass is 234 g/mol. The van der Waals surface area contributed by atoms with Gasteiger partial charge in [0.1, 0.15) is 0 Å². The third-order valence-corrected chi connectivity index (χ3v) is 4.70. The molecule has 0 bridgehead atoms. The van der Waals surface area contributed by atoms with Gasteiger partial charge in [-0.3, -0.25) is 4.57 Å². The Hall–Kier alpha value is -0.150. The fraction of sp³-hybridized carbons (Fsp3) is 0.556. The highest BCUT2D eigenvalue weighted by molar-refractivity contribution is 7.53. The molecule has 0 aliphatic carbocycles. The quantitative estimate of drug-likeness (QED) is 0.706. The molecule has 0 saturated carbocycles. The second-order valence-corrected chi connectivity index (χ2v) is 5.77. The molecule has 0 spiro atoms. The molecule has 0 saturated heterocycles. The van der Waals surface area contributed by atoms with Crippen molar-refractivity contribution in [1.29, 1.82) is 0 Å². The number of thiophene rings is 1. The molecule has 0 N–H and O–H groups in total. The van der Waals surface area contributed by atoms with E-state index in [1.165, 1.54) is 0 Å². The highest BCUT2D eigenvalue weighted by Crippen LogP contribution is 2.51. The maximum atomic E-state index is 12.0. The molecule has 1 aromatic heterocycles. The van der Waals surface area contributed by atoms with Crippen LogP contribution in [0, 0.1) is 0 Å². The maximum Gasteiger partial charge on any atom is 0.335 e. The van der Waals surface area contributed by atoms with Gasteiger partial charge in [0.25, 0.3) is 0 Å². The van der Waals surface area contributed by atoms with Crippen molar-refractivity contribution < 1.29 is 13.6 Å². The van der Waals surface area contributed by atoms with Crippen molar-refractivity contribution in [2.45, 2.75) is 20.0 Å². The summed E-state index contributed by atoms with van der Waals surface area (Å²) in [4.78, 5) is 1.04. The van der Waals surface area contributed by atoms with Crippen LogP contribution < -0.4 is 0 Å². The first kappa shape index (κ1) is 11.9. The predicted molar refractivity (Wildman–Crippen MR) is 58.9 cm³/mol. The molecule has 0 atom stereocenters. The molecule has 5 heteroatoms. The number of hydrogen-bond donors (Lipinski definition) is 0. The van der Waals surface area contributed by atoms with E-state index in [9.17, 15) is 4.57 Å². The summed E-state index contributed by atoms with van der Waals surface area (Å²) in [6.07, 6.45) is 0.381. The summed E-state index contributed by atoms with van der Waals surface area (Å²) in [7, 11) is -2.90. The van der Waals surface area contributed by atoms with Crippen molar-refractivity contribution in [1.82, 2.24) is 0 Å². The Bertz CT molecular complexity index is 287. The fourth-order valence-corrected chi connectivity index (χ4v) is 3.91. The largest absolute Gasteiger partial charge is 0.335 e. The Kier molecular flexibility index (Phi) is 4.82. The van der Waals surface area contributed by atoms with E-state index >= 15 is 0 Å². The summed E-state index contributed by atoms with van der Waals surface area (Å²) >= 11 is 1.57. The molecular weight excluding hydrogens is 219 g/mol. The van der Waals surface area contributed by atoms with Crippen LogP contribution in [-0.2, 0) is 19.8 Å². The standard InChI is InChI=1S/C9H15O3PS/c1-3-11-13(10,12-4-2)8-9-6-5-7-14-9/h5-7H,3-4,8H2,1-2H3. The Morgan fingerprint density at radius 2 is 2.00 bits per heavy atom. The van der Waals surface area contributed by atoms with Gasteiger partial charge in [-0.05, 0) is 25.3 Å². The molecule has 0 fully saturated rings. The van der Waals surface area contributed by atoms with Crippen molar-refractivity contribution in [3.63, 3.8) is 0 Å². The molecule has 3 nitrogen and oxygen atoms in total. The normalized spacial score (nSPS) is 11.9. The van der Waals surface area contributed by atoms with Crippen LogP contribution in [0.25, 0.3) is 0 Å². The van der Waals surface area contributed by atoms with Gasteiger partial charge in [0.2, 0.25) is 0 Å². The predicted octanol–water partition coefficient (Wildman–Crippen LogP) is 3.51. The molecule has 80 valence electrons. The highest BCUT2D eigenvalue weighted by Gasteiger charge is 2.24. The van der Waals surface area contributed by atoms with Crippen LogP contribution >= 0.6 is 18.9 Å². The van der Waals surface area contributed by atoms with Gasteiger partial charge in [-0.15, -0.1) is 11.3 Å². The topological polar surface area (TPSA) is 35.5 Å². The van der Waals surface area contributed by atoms with E-state index in [-0.39, 0.29) is 0 Å². The van der Waals surface area contributed by atoms with Gasteiger partial charge >= 0.3 is 7.60 Å². The Morgan fingerprint density at radius 1 is 1.36 bits per heavy atom. The molecular formula is C9H15O3PS. The van der Waals surface area contributed by atoms with E-state index in [1.54, 1.807) is 11.3 Å². The van der Waals surface area contributed by atoms with Crippen molar-refractivity contribution in [3.05, 3.63) is 22.4 Å². The van der Waals surface area contributed by atoms with Gasteiger partial charge in [-0.2, -0.15) is 0 Å². The Balaban J connectivity index is 2.64. The zero-order valence-corrected chi connectivity index (χ0v) is 10.1. The van der Waals surface area contributed by atoms with E-state index in [4.69, 9.17) is 9.05 Å². The molecule has 1 heterocycles. The summed E-state index contributed by atoms with van der Waals surface area (Å²) < 4.78 is 22.4. The van der Waals surface area contributed by atoms with E-state index in [0.717, 1.165) is 4.88 Å². The number of rotatable bonds is 6. The lowest BCUT2D eigenvalue weighted by Gasteiger charge is -2.15. The lowest BCUT2D eigenvalue weighted by Crippen LogP contribution is -1.97. The van der Waals surface area contributed by atoms with Crippen LogP contribution in [0.3, 0.4) is 0 Å². The van der Waals surface area contributed by atoms with E-state index in [1.807, 2.05) is 31.4 Å². The second-order valence-electron chi connectivity index (χ2n) is 2.68. The Morgan fingerprint density at radius 3 is 2.43 bits per heavy atom. The molecule has 0 aliphatic heterocycles. The summed E-state index contributed by atoms with van der Waals surface area (Å²) in [5.41, 5.74) is 0. The van der Waals surface area contributed by atoms with Crippen molar-refractivity contribution in [2.75, 3.05) is 13.2 Å². The lowest BCUT2D eigenvalue weighted by atomic mass is 10.5. The van der Waals surface area contributed by atoms with Gasteiger partial charge in [0.05, 0.1) is 19.4 Å². The minimum absolute atomic E-state index is 0.381. The zero-order valence-electron chi connectivity index (χ0n) is 8.43. The summed E-state index contributed by atoms with van der Waals surface area (Å²) in [5.74, 6) is 0. The Labute approximate surface area is 88.6 Å². The van der Waals surface area contributed by atoms with Crippen molar-refractivity contribution in [2.24, 2.45) is 0 Å². The van der Waals surface area contributed by atoms with Crippen LogP contribution in [0.5, 0.6) is 0 Å². The fourth-order valence-electron chi connectivity index (χ4n) is 1.12. The van der Waals surface area contributed by atoms with Crippen LogP contribution in [-0.4, -0.2) is 13.2 Å². The molecule has 0 radical (unpaired) electrons. The molecule has 0 amide bonds. The molecule has 1 rings (SSSR count). The number of hydrogen-bond acceptors (Lipinski definition) is 4. The van der Waals surface area contributed by atoms with Crippen LogP contribution in [0.4, 0.5) is 0 Å². The smallest absolute Gasteiger partial charge is 0.309 e. The highest BCUT2D eigenvalue weighted by atomic mass is 32.1. The summed E-state index contributed by atoms with van der Waals surface area (Å²) in [6, 6.07) is 3.87. The minimum atomic E-state index is -2.90. The molecule has 0 aromatic carbocycles. The van der Waals surface area contributed by atoms with Crippen molar-refractivity contribution >= 4 is 18.9 Å². The first-order valence-corrected chi connectivity index (χ1v) is 7.21. The molecule has 0 aliphatic rings. The third kappa shape index (κ3) is 3.54. The van der Waals surface area contributed by atoms with E-state index < -0.39 is 7.60 Å². The zero-order chi connectivity index (χ0) is 10.4. The SMILES string of the molecule is CCOP(=O)(Cc1cccs1)OCC. The summed E-state index contributed by atoms with van der Waals surface area (Å²) in [5, 5.41) is 1.96. The second kappa shape index (κ2) is 5.66. The maximum absolute atomic E-state index is 12.0. The average Bonchev–Trinajstić information content (AvgIpc) is 2.57. The van der Waals surface area contributed by atoms with E-state index in [0.29, 0.717) is 19.4 Å². The minimum Gasteiger partial charge on any atom is -0.309 e.